The van der Waals surface area contributed by atoms with E-state index in [0.717, 1.165) is 11.1 Å². The highest BCUT2D eigenvalue weighted by atomic mass is 19.1. The van der Waals surface area contributed by atoms with Crippen molar-refractivity contribution >= 4 is 11.8 Å². The standard InChI is InChI=1S/C28H39FN2O4/c1-7-23(27(33)30-28(4,5)6)31(19-21-10-14-22(29)15-11-21)26(32)17-13-20-12-16-24(34-8-2)25(18-20)35-9-3/h10-12,14-16,18,23H,7-9,13,17,19H2,1-6H3,(H,30,33). The van der Waals surface area contributed by atoms with Crippen LogP contribution in [0.25, 0.3) is 0 Å². The lowest BCUT2D eigenvalue weighted by Gasteiger charge is -2.33. The van der Waals surface area contributed by atoms with Crippen molar-refractivity contribution in [1.82, 2.24) is 10.2 Å². The smallest absolute Gasteiger partial charge is 0.243 e. The number of carbonyl (C=O) groups is 2. The Bertz CT molecular complexity index is 970. The Labute approximate surface area is 208 Å². The number of nitrogens with one attached hydrogen (secondary N) is 1. The first-order chi connectivity index (χ1) is 16.6. The Hall–Kier alpha value is -3.09. The fourth-order valence-electron chi connectivity index (χ4n) is 3.80. The summed E-state index contributed by atoms with van der Waals surface area (Å²) >= 11 is 0. The van der Waals surface area contributed by atoms with Gasteiger partial charge in [-0.05, 0) is 82.9 Å². The van der Waals surface area contributed by atoms with Gasteiger partial charge in [-0.25, -0.2) is 4.39 Å². The van der Waals surface area contributed by atoms with Crippen LogP contribution >= 0.6 is 0 Å². The second-order valence-electron chi connectivity index (χ2n) is 9.46. The van der Waals surface area contributed by atoms with Crippen LogP contribution in [0.2, 0.25) is 0 Å². The molecular weight excluding hydrogens is 447 g/mol. The molecule has 2 aromatic rings. The Morgan fingerprint density at radius 2 is 1.54 bits per heavy atom. The molecule has 0 aromatic heterocycles. The van der Waals surface area contributed by atoms with Crippen molar-refractivity contribution in [2.75, 3.05) is 13.2 Å². The second-order valence-corrected chi connectivity index (χ2v) is 9.46. The lowest BCUT2D eigenvalue weighted by atomic mass is 10.0. The molecule has 35 heavy (non-hydrogen) atoms. The molecule has 1 N–H and O–H groups in total. The maximum absolute atomic E-state index is 13.5. The van der Waals surface area contributed by atoms with Gasteiger partial charge in [-0.1, -0.05) is 25.1 Å². The topological polar surface area (TPSA) is 67.9 Å². The molecule has 0 heterocycles. The maximum atomic E-state index is 13.5. The van der Waals surface area contributed by atoms with Gasteiger partial charge in [0, 0.05) is 18.5 Å². The number of hydrogen-bond acceptors (Lipinski definition) is 4. The van der Waals surface area contributed by atoms with Crippen LogP contribution in [-0.2, 0) is 22.6 Å². The van der Waals surface area contributed by atoms with Gasteiger partial charge < -0.3 is 19.7 Å². The number of rotatable bonds is 12. The number of hydrogen-bond donors (Lipinski definition) is 1. The van der Waals surface area contributed by atoms with Gasteiger partial charge in [-0.3, -0.25) is 9.59 Å². The van der Waals surface area contributed by atoms with E-state index in [-0.39, 0.29) is 30.6 Å². The average Bonchev–Trinajstić information content (AvgIpc) is 2.79. The highest BCUT2D eigenvalue weighted by Crippen LogP contribution is 2.29. The van der Waals surface area contributed by atoms with Gasteiger partial charge >= 0.3 is 0 Å². The molecule has 0 aliphatic carbocycles. The molecular formula is C28H39FN2O4. The molecule has 0 spiro atoms. The van der Waals surface area contributed by atoms with Crippen molar-refractivity contribution in [1.29, 1.82) is 0 Å². The van der Waals surface area contributed by atoms with Crippen molar-refractivity contribution in [3.63, 3.8) is 0 Å². The molecule has 0 aliphatic heterocycles. The van der Waals surface area contributed by atoms with Crippen molar-refractivity contribution in [2.24, 2.45) is 0 Å². The summed E-state index contributed by atoms with van der Waals surface area (Å²) in [6, 6.07) is 11.1. The number of amides is 2. The summed E-state index contributed by atoms with van der Waals surface area (Å²) in [5.74, 6) is 0.641. The molecule has 0 aliphatic rings. The van der Waals surface area contributed by atoms with Crippen LogP contribution in [0.1, 0.15) is 65.5 Å². The molecule has 0 bridgehead atoms. The van der Waals surface area contributed by atoms with Gasteiger partial charge in [0.2, 0.25) is 11.8 Å². The van der Waals surface area contributed by atoms with Gasteiger partial charge in [0.05, 0.1) is 13.2 Å². The zero-order valence-electron chi connectivity index (χ0n) is 21.8. The second kappa shape index (κ2) is 13.1. The SMILES string of the molecule is CCOc1ccc(CCC(=O)N(Cc2ccc(F)cc2)C(CC)C(=O)NC(C)(C)C)cc1OCC. The molecule has 2 rings (SSSR count). The first-order valence-corrected chi connectivity index (χ1v) is 12.3. The Kier molecular flexibility index (Phi) is 10.6. The van der Waals surface area contributed by atoms with Gasteiger partial charge in [0.15, 0.2) is 11.5 Å². The molecule has 0 fully saturated rings. The highest BCUT2D eigenvalue weighted by Gasteiger charge is 2.30. The Morgan fingerprint density at radius 1 is 0.943 bits per heavy atom. The third-order valence-corrected chi connectivity index (χ3v) is 5.39. The fraction of sp³-hybridized carbons (Fsp3) is 0.500. The van der Waals surface area contributed by atoms with Crippen molar-refractivity contribution in [3.05, 3.63) is 59.4 Å². The van der Waals surface area contributed by atoms with Crippen LogP contribution in [0.15, 0.2) is 42.5 Å². The van der Waals surface area contributed by atoms with E-state index in [2.05, 4.69) is 5.32 Å². The summed E-state index contributed by atoms with van der Waals surface area (Å²) in [4.78, 5) is 28.1. The predicted molar refractivity (Wildman–Crippen MR) is 136 cm³/mol. The number of halogens is 1. The molecule has 0 radical (unpaired) electrons. The van der Waals surface area contributed by atoms with Crippen LogP contribution in [-0.4, -0.2) is 41.5 Å². The third kappa shape index (κ3) is 8.89. The largest absolute Gasteiger partial charge is 0.490 e. The van der Waals surface area contributed by atoms with E-state index in [9.17, 15) is 14.0 Å². The van der Waals surface area contributed by atoms with E-state index in [1.54, 1.807) is 17.0 Å². The third-order valence-electron chi connectivity index (χ3n) is 5.39. The van der Waals surface area contributed by atoms with E-state index in [1.807, 2.05) is 59.7 Å². The van der Waals surface area contributed by atoms with E-state index >= 15 is 0 Å². The van der Waals surface area contributed by atoms with Crippen LogP contribution in [0.5, 0.6) is 11.5 Å². The maximum Gasteiger partial charge on any atom is 0.243 e. The molecule has 2 amide bonds. The molecule has 7 heteroatoms. The Morgan fingerprint density at radius 3 is 2.11 bits per heavy atom. The predicted octanol–water partition coefficient (Wildman–Crippen LogP) is 5.28. The normalized spacial score (nSPS) is 12.1. The lowest BCUT2D eigenvalue weighted by Crippen LogP contribution is -2.53. The molecule has 0 saturated heterocycles. The summed E-state index contributed by atoms with van der Waals surface area (Å²) in [6.45, 7) is 12.7. The first kappa shape index (κ1) is 28.1. The fourth-order valence-corrected chi connectivity index (χ4v) is 3.80. The van der Waals surface area contributed by atoms with E-state index < -0.39 is 11.6 Å². The summed E-state index contributed by atoms with van der Waals surface area (Å²) in [5, 5.41) is 2.99. The molecule has 2 aromatic carbocycles. The lowest BCUT2D eigenvalue weighted by molar-refractivity contribution is -0.142. The molecule has 192 valence electrons. The van der Waals surface area contributed by atoms with E-state index in [0.29, 0.717) is 37.6 Å². The van der Waals surface area contributed by atoms with Crippen LogP contribution in [0.4, 0.5) is 4.39 Å². The summed E-state index contributed by atoms with van der Waals surface area (Å²) in [6.07, 6.45) is 1.18. The van der Waals surface area contributed by atoms with E-state index in [4.69, 9.17) is 9.47 Å². The van der Waals surface area contributed by atoms with Crippen molar-refractivity contribution < 1.29 is 23.5 Å². The van der Waals surface area contributed by atoms with Gasteiger partial charge in [-0.15, -0.1) is 0 Å². The summed E-state index contributed by atoms with van der Waals surface area (Å²) in [5.41, 5.74) is 1.29. The molecule has 1 unspecified atom stereocenters. The summed E-state index contributed by atoms with van der Waals surface area (Å²) < 4.78 is 24.8. The Balaban J connectivity index is 2.24. The highest BCUT2D eigenvalue weighted by molar-refractivity contribution is 5.88. The van der Waals surface area contributed by atoms with Crippen molar-refractivity contribution in [3.8, 4) is 11.5 Å². The molecule has 1 atom stereocenters. The zero-order chi connectivity index (χ0) is 26.0. The minimum Gasteiger partial charge on any atom is -0.490 e. The number of benzene rings is 2. The van der Waals surface area contributed by atoms with Gasteiger partial charge in [0.1, 0.15) is 11.9 Å². The van der Waals surface area contributed by atoms with E-state index in [1.165, 1.54) is 12.1 Å². The quantitative estimate of drug-likeness (QED) is 0.443. The number of ether oxygens (including phenoxy) is 2. The van der Waals surface area contributed by atoms with Crippen molar-refractivity contribution in [2.45, 2.75) is 78.9 Å². The van der Waals surface area contributed by atoms with Crippen LogP contribution < -0.4 is 14.8 Å². The number of nitrogens with zero attached hydrogens (tertiary/aromatic N) is 1. The van der Waals surface area contributed by atoms with Crippen LogP contribution in [0.3, 0.4) is 0 Å². The number of aryl methyl sites for hydroxylation is 1. The van der Waals surface area contributed by atoms with Gasteiger partial charge in [0.25, 0.3) is 0 Å². The van der Waals surface area contributed by atoms with Gasteiger partial charge in [-0.2, -0.15) is 0 Å². The summed E-state index contributed by atoms with van der Waals surface area (Å²) in [7, 11) is 0. The minimum atomic E-state index is -0.633. The number of carbonyl (C=O) groups excluding carboxylic acids is 2. The molecule has 6 nitrogen and oxygen atoms in total. The molecule has 0 saturated carbocycles. The zero-order valence-corrected chi connectivity index (χ0v) is 21.8. The minimum absolute atomic E-state index is 0.142. The monoisotopic (exact) mass is 486 g/mol. The average molecular weight is 487 g/mol. The van der Waals surface area contributed by atoms with Crippen LogP contribution in [0, 0.1) is 5.82 Å². The first-order valence-electron chi connectivity index (χ1n) is 12.3.